The monoisotopic (exact) mass is 460 g/mol. The number of pyridine rings is 1. The molecule has 0 atom stereocenters. The fourth-order valence-corrected chi connectivity index (χ4v) is 3.34. The van der Waals surface area contributed by atoms with E-state index in [1.807, 2.05) is 56.3 Å². The third kappa shape index (κ3) is 8.58. The van der Waals surface area contributed by atoms with E-state index >= 15 is 0 Å². The molecule has 1 aromatic heterocycles. The molecule has 0 saturated carbocycles. The first kappa shape index (κ1) is 24.8. The second-order valence-corrected chi connectivity index (χ2v) is 8.21. The zero-order valence-electron chi connectivity index (χ0n) is 19.8. The quantitative estimate of drug-likeness (QED) is 0.356. The summed E-state index contributed by atoms with van der Waals surface area (Å²) in [7, 11) is 0. The number of carbonyl (C=O) groups excluding carboxylic acids is 2. The highest BCUT2D eigenvalue weighted by Crippen LogP contribution is 2.19. The average Bonchev–Trinajstić information content (AvgIpc) is 2.84. The van der Waals surface area contributed by atoms with Crippen LogP contribution in [-0.2, 0) is 17.9 Å². The van der Waals surface area contributed by atoms with Crippen molar-refractivity contribution in [1.82, 2.24) is 15.6 Å². The van der Waals surface area contributed by atoms with Crippen molar-refractivity contribution in [1.29, 1.82) is 0 Å². The van der Waals surface area contributed by atoms with Gasteiger partial charge in [-0.3, -0.25) is 9.78 Å². The van der Waals surface area contributed by atoms with Crippen molar-refractivity contribution in [3.63, 3.8) is 0 Å². The lowest BCUT2D eigenvalue weighted by atomic mass is 10.1. The van der Waals surface area contributed by atoms with Gasteiger partial charge >= 0.3 is 6.03 Å². The summed E-state index contributed by atoms with van der Waals surface area (Å²) in [5.41, 5.74) is 4.84. The molecule has 1 heterocycles. The van der Waals surface area contributed by atoms with Crippen molar-refractivity contribution in [2.75, 3.05) is 11.9 Å². The summed E-state index contributed by atoms with van der Waals surface area (Å²) in [6.07, 6.45) is 5.40. The van der Waals surface area contributed by atoms with E-state index in [2.05, 4.69) is 33.1 Å². The second-order valence-electron chi connectivity index (χ2n) is 8.21. The van der Waals surface area contributed by atoms with Crippen LogP contribution in [0.2, 0.25) is 0 Å². The van der Waals surface area contributed by atoms with Gasteiger partial charge in [0, 0.05) is 37.6 Å². The molecule has 0 unspecified atom stereocenters. The molecular weight excluding hydrogens is 428 g/mol. The lowest BCUT2D eigenvalue weighted by Crippen LogP contribution is -2.28. The van der Waals surface area contributed by atoms with Crippen molar-refractivity contribution in [3.8, 4) is 5.75 Å². The van der Waals surface area contributed by atoms with Crippen LogP contribution in [0.25, 0.3) is 0 Å². The van der Waals surface area contributed by atoms with E-state index in [0.29, 0.717) is 31.8 Å². The Bertz CT molecular complexity index is 1090. The summed E-state index contributed by atoms with van der Waals surface area (Å²) in [6, 6.07) is 17.0. The lowest BCUT2D eigenvalue weighted by Gasteiger charge is -2.11. The van der Waals surface area contributed by atoms with Gasteiger partial charge in [0.15, 0.2) is 0 Å². The Balaban J connectivity index is 1.33. The van der Waals surface area contributed by atoms with Gasteiger partial charge in [0.05, 0.1) is 6.61 Å². The Morgan fingerprint density at radius 3 is 2.50 bits per heavy atom. The van der Waals surface area contributed by atoms with E-state index in [9.17, 15) is 9.59 Å². The van der Waals surface area contributed by atoms with Crippen LogP contribution in [0, 0.1) is 13.8 Å². The van der Waals surface area contributed by atoms with Crippen LogP contribution in [-0.4, -0.2) is 23.5 Å². The third-order valence-corrected chi connectivity index (χ3v) is 5.28. The summed E-state index contributed by atoms with van der Waals surface area (Å²) in [6.45, 7) is 5.49. The van der Waals surface area contributed by atoms with Gasteiger partial charge in [0.1, 0.15) is 5.75 Å². The van der Waals surface area contributed by atoms with Crippen LogP contribution in [0.1, 0.15) is 41.5 Å². The van der Waals surface area contributed by atoms with Crippen LogP contribution in [0.3, 0.4) is 0 Å². The Morgan fingerprint density at radius 1 is 0.882 bits per heavy atom. The van der Waals surface area contributed by atoms with Crippen molar-refractivity contribution < 1.29 is 14.3 Å². The molecule has 0 aliphatic heterocycles. The number of unbranched alkanes of at least 4 members (excludes halogenated alkanes) is 1. The molecule has 3 amide bonds. The van der Waals surface area contributed by atoms with E-state index in [-0.39, 0.29) is 11.9 Å². The van der Waals surface area contributed by atoms with Gasteiger partial charge in [-0.25, -0.2) is 4.79 Å². The molecule has 2 aromatic carbocycles. The Morgan fingerprint density at radius 2 is 1.68 bits per heavy atom. The van der Waals surface area contributed by atoms with Gasteiger partial charge in [-0.2, -0.15) is 0 Å². The number of rotatable bonds is 11. The molecule has 0 aliphatic carbocycles. The number of hydrogen-bond acceptors (Lipinski definition) is 4. The van der Waals surface area contributed by atoms with E-state index in [1.165, 1.54) is 5.56 Å². The minimum Gasteiger partial charge on any atom is -0.493 e. The summed E-state index contributed by atoms with van der Waals surface area (Å²) in [5.74, 6) is 0.907. The summed E-state index contributed by atoms with van der Waals surface area (Å²) < 4.78 is 5.84. The van der Waals surface area contributed by atoms with E-state index in [0.717, 1.165) is 35.3 Å². The molecule has 0 saturated heterocycles. The molecule has 0 radical (unpaired) electrons. The van der Waals surface area contributed by atoms with Gasteiger partial charge < -0.3 is 20.7 Å². The van der Waals surface area contributed by atoms with Crippen LogP contribution in [0.5, 0.6) is 5.75 Å². The number of nitrogens with one attached hydrogen (secondary N) is 3. The van der Waals surface area contributed by atoms with Crippen molar-refractivity contribution >= 4 is 17.6 Å². The molecular formula is C27H32N4O3. The largest absolute Gasteiger partial charge is 0.493 e. The average molecular weight is 461 g/mol. The topological polar surface area (TPSA) is 92.4 Å². The van der Waals surface area contributed by atoms with Crippen molar-refractivity contribution in [2.24, 2.45) is 0 Å². The van der Waals surface area contributed by atoms with Crippen LogP contribution in [0.4, 0.5) is 10.5 Å². The minimum absolute atomic E-state index is 0.000178. The number of nitrogens with zero attached hydrogens (tertiary/aromatic N) is 1. The number of aryl methyl sites for hydroxylation is 2. The highest BCUT2D eigenvalue weighted by atomic mass is 16.5. The smallest absolute Gasteiger partial charge is 0.319 e. The van der Waals surface area contributed by atoms with E-state index < -0.39 is 0 Å². The first-order valence-corrected chi connectivity index (χ1v) is 11.5. The maximum Gasteiger partial charge on any atom is 0.319 e. The summed E-state index contributed by atoms with van der Waals surface area (Å²) >= 11 is 0. The number of anilines is 1. The van der Waals surface area contributed by atoms with Crippen molar-refractivity contribution in [2.45, 2.75) is 46.2 Å². The molecule has 7 heteroatoms. The number of ether oxygens (including phenoxy) is 1. The van der Waals surface area contributed by atoms with Crippen molar-refractivity contribution in [3.05, 3.63) is 89.2 Å². The van der Waals surface area contributed by atoms with Crippen LogP contribution < -0.4 is 20.7 Å². The maximum absolute atomic E-state index is 12.2. The molecule has 0 bridgehead atoms. The Labute approximate surface area is 201 Å². The predicted molar refractivity (Wildman–Crippen MR) is 134 cm³/mol. The van der Waals surface area contributed by atoms with E-state index in [4.69, 9.17) is 4.74 Å². The molecule has 0 spiro atoms. The second kappa shape index (κ2) is 13.0. The number of hydrogen-bond donors (Lipinski definition) is 3. The Hall–Kier alpha value is -3.87. The predicted octanol–water partition coefficient (Wildman–Crippen LogP) is 4.89. The minimum atomic E-state index is -0.291. The fourth-order valence-electron chi connectivity index (χ4n) is 3.34. The highest BCUT2D eigenvalue weighted by Gasteiger charge is 2.05. The van der Waals surface area contributed by atoms with Gasteiger partial charge in [-0.1, -0.05) is 24.3 Å². The van der Waals surface area contributed by atoms with Gasteiger partial charge in [0.2, 0.25) is 5.91 Å². The SMILES string of the molecule is Cc1ccc(C)c(OCCCCC(=O)NCc2cccc(NC(=O)NCc3ccncc3)c2)c1. The maximum atomic E-state index is 12.2. The highest BCUT2D eigenvalue weighted by molar-refractivity contribution is 5.89. The van der Waals surface area contributed by atoms with Gasteiger partial charge in [-0.15, -0.1) is 0 Å². The number of carbonyl (C=O) groups is 2. The van der Waals surface area contributed by atoms with Crippen LogP contribution >= 0.6 is 0 Å². The number of urea groups is 1. The lowest BCUT2D eigenvalue weighted by molar-refractivity contribution is -0.121. The summed E-state index contributed by atoms with van der Waals surface area (Å²) in [4.78, 5) is 28.3. The zero-order chi connectivity index (χ0) is 24.2. The number of amides is 3. The number of benzene rings is 2. The van der Waals surface area contributed by atoms with Crippen LogP contribution in [0.15, 0.2) is 67.0 Å². The van der Waals surface area contributed by atoms with Gasteiger partial charge in [0.25, 0.3) is 0 Å². The molecule has 34 heavy (non-hydrogen) atoms. The third-order valence-electron chi connectivity index (χ3n) is 5.28. The number of aromatic nitrogens is 1. The standard InChI is InChI=1S/C27H32N4O3/c1-20-9-10-21(2)25(16-20)34-15-4-3-8-26(32)29-19-23-6-5-7-24(17-23)31-27(33)30-18-22-11-13-28-14-12-22/h5-7,9-14,16-17H,3-4,8,15,18-19H2,1-2H3,(H,29,32)(H2,30,31,33). The van der Waals surface area contributed by atoms with E-state index in [1.54, 1.807) is 12.4 Å². The molecule has 3 N–H and O–H groups in total. The molecule has 3 aromatic rings. The molecule has 3 rings (SSSR count). The molecule has 7 nitrogen and oxygen atoms in total. The molecule has 0 aliphatic rings. The van der Waals surface area contributed by atoms with Gasteiger partial charge in [-0.05, 0) is 79.3 Å². The summed E-state index contributed by atoms with van der Waals surface area (Å²) in [5, 5.41) is 8.56. The molecule has 178 valence electrons. The molecule has 0 fully saturated rings. The first-order chi connectivity index (χ1) is 16.5. The normalized spacial score (nSPS) is 10.4. The zero-order valence-corrected chi connectivity index (χ0v) is 19.8. The Kier molecular flexibility index (Phi) is 9.46. The fraction of sp³-hybridized carbons (Fsp3) is 0.296. The first-order valence-electron chi connectivity index (χ1n) is 11.5.